The van der Waals surface area contributed by atoms with Crippen LogP contribution >= 0.6 is 11.6 Å². The SMILES string of the molecule is Cc1ccc(NC(=O)C(OC(=O)c2occc2C)c2ccccc2)cc1Cl. The number of ether oxygens (including phenoxy) is 1. The fourth-order valence-electron chi connectivity index (χ4n) is 2.52. The van der Waals surface area contributed by atoms with Gasteiger partial charge in [0.05, 0.1) is 6.26 Å². The quantitative estimate of drug-likeness (QED) is 0.623. The summed E-state index contributed by atoms with van der Waals surface area (Å²) in [6.45, 7) is 3.60. The van der Waals surface area contributed by atoms with E-state index in [0.717, 1.165) is 5.56 Å². The average molecular weight is 384 g/mol. The molecule has 0 aliphatic rings. The van der Waals surface area contributed by atoms with Gasteiger partial charge in [-0.1, -0.05) is 48.0 Å². The third-order valence-electron chi connectivity index (χ3n) is 4.05. The number of anilines is 1. The molecule has 1 atom stereocenters. The molecule has 1 N–H and O–H groups in total. The molecule has 0 saturated heterocycles. The lowest BCUT2D eigenvalue weighted by Crippen LogP contribution is -2.26. The molecule has 6 heteroatoms. The molecule has 1 aromatic heterocycles. The topological polar surface area (TPSA) is 68.5 Å². The van der Waals surface area contributed by atoms with Gasteiger partial charge >= 0.3 is 5.97 Å². The van der Waals surface area contributed by atoms with Crippen molar-refractivity contribution in [3.63, 3.8) is 0 Å². The molecule has 0 spiro atoms. The highest BCUT2D eigenvalue weighted by Crippen LogP contribution is 2.25. The molecule has 0 saturated carbocycles. The van der Waals surface area contributed by atoms with E-state index in [1.807, 2.05) is 13.0 Å². The molecule has 5 nitrogen and oxygen atoms in total. The molecule has 27 heavy (non-hydrogen) atoms. The molecule has 3 rings (SSSR count). The highest BCUT2D eigenvalue weighted by atomic mass is 35.5. The van der Waals surface area contributed by atoms with Gasteiger partial charge < -0.3 is 14.5 Å². The van der Waals surface area contributed by atoms with Crippen molar-refractivity contribution in [2.75, 3.05) is 5.32 Å². The summed E-state index contributed by atoms with van der Waals surface area (Å²) in [5.74, 6) is -1.12. The van der Waals surface area contributed by atoms with Crippen LogP contribution in [0.1, 0.15) is 33.3 Å². The molecule has 138 valence electrons. The third-order valence-corrected chi connectivity index (χ3v) is 4.46. The fraction of sp³-hybridized carbons (Fsp3) is 0.143. The monoisotopic (exact) mass is 383 g/mol. The maximum Gasteiger partial charge on any atom is 0.375 e. The molecule has 1 heterocycles. The van der Waals surface area contributed by atoms with Crippen LogP contribution in [0.15, 0.2) is 65.3 Å². The first kappa shape index (κ1) is 18.7. The Kier molecular flexibility index (Phi) is 5.62. The van der Waals surface area contributed by atoms with Crippen molar-refractivity contribution in [3.8, 4) is 0 Å². The standard InChI is InChI=1S/C21H18ClNO4/c1-13-8-9-16(12-17(13)22)23-20(24)19(15-6-4-3-5-7-15)27-21(25)18-14(2)10-11-26-18/h3-12,19H,1-2H3,(H,23,24). The molecule has 0 radical (unpaired) electrons. The van der Waals surface area contributed by atoms with Crippen LogP contribution in [0.4, 0.5) is 5.69 Å². The zero-order chi connectivity index (χ0) is 19.4. The van der Waals surface area contributed by atoms with Gasteiger partial charge in [-0.2, -0.15) is 0 Å². The Balaban J connectivity index is 1.85. The lowest BCUT2D eigenvalue weighted by molar-refractivity contribution is -0.125. The molecule has 3 aromatic rings. The molecule has 1 amide bonds. The summed E-state index contributed by atoms with van der Waals surface area (Å²) in [5.41, 5.74) is 2.60. The van der Waals surface area contributed by atoms with Gasteiger partial charge in [0.15, 0.2) is 0 Å². The molecular weight excluding hydrogens is 366 g/mol. The minimum absolute atomic E-state index is 0.0714. The van der Waals surface area contributed by atoms with E-state index >= 15 is 0 Å². The van der Waals surface area contributed by atoms with Gasteiger partial charge in [0.2, 0.25) is 11.9 Å². The minimum atomic E-state index is -1.14. The number of carbonyl (C=O) groups excluding carboxylic acids is 2. The van der Waals surface area contributed by atoms with Crippen LogP contribution in [0.2, 0.25) is 5.02 Å². The Hall–Kier alpha value is -3.05. The van der Waals surface area contributed by atoms with Gasteiger partial charge in [0.1, 0.15) is 0 Å². The number of aryl methyl sites for hydroxylation is 2. The average Bonchev–Trinajstić information content (AvgIpc) is 3.09. The summed E-state index contributed by atoms with van der Waals surface area (Å²) < 4.78 is 10.6. The number of furan rings is 1. The summed E-state index contributed by atoms with van der Waals surface area (Å²) in [4.78, 5) is 25.3. The van der Waals surface area contributed by atoms with Crippen molar-refractivity contribution in [1.29, 1.82) is 0 Å². The second kappa shape index (κ2) is 8.10. The van der Waals surface area contributed by atoms with E-state index in [9.17, 15) is 9.59 Å². The molecule has 2 aromatic carbocycles. The van der Waals surface area contributed by atoms with Crippen molar-refractivity contribution in [3.05, 3.63) is 88.3 Å². The first-order valence-electron chi connectivity index (χ1n) is 8.32. The van der Waals surface area contributed by atoms with Gasteiger partial charge in [-0.15, -0.1) is 0 Å². The van der Waals surface area contributed by atoms with E-state index < -0.39 is 18.0 Å². The van der Waals surface area contributed by atoms with Crippen molar-refractivity contribution in [1.82, 2.24) is 0 Å². The minimum Gasteiger partial charge on any atom is -0.457 e. The smallest absolute Gasteiger partial charge is 0.375 e. The number of hydrogen-bond acceptors (Lipinski definition) is 4. The first-order chi connectivity index (χ1) is 13.0. The third kappa shape index (κ3) is 4.38. The highest BCUT2D eigenvalue weighted by Gasteiger charge is 2.27. The van der Waals surface area contributed by atoms with Crippen molar-refractivity contribution in [2.24, 2.45) is 0 Å². The van der Waals surface area contributed by atoms with E-state index in [1.54, 1.807) is 55.5 Å². The molecule has 0 fully saturated rings. The Morgan fingerprint density at radius 1 is 1.04 bits per heavy atom. The summed E-state index contributed by atoms with van der Waals surface area (Å²) >= 11 is 6.11. The second-order valence-corrected chi connectivity index (χ2v) is 6.49. The Morgan fingerprint density at radius 3 is 2.41 bits per heavy atom. The van der Waals surface area contributed by atoms with E-state index in [2.05, 4.69) is 5.32 Å². The van der Waals surface area contributed by atoms with E-state index in [0.29, 0.717) is 21.8 Å². The number of amides is 1. The molecular formula is C21H18ClNO4. The van der Waals surface area contributed by atoms with Crippen LogP contribution in [0.3, 0.4) is 0 Å². The number of esters is 1. The second-order valence-electron chi connectivity index (χ2n) is 6.08. The summed E-state index contributed by atoms with van der Waals surface area (Å²) in [5, 5.41) is 3.28. The normalized spacial score (nSPS) is 11.7. The predicted molar refractivity (Wildman–Crippen MR) is 103 cm³/mol. The number of nitrogens with one attached hydrogen (secondary N) is 1. The molecule has 1 unspecified atom stereocenters. The van der Waals surface area contributed by atoms with Crippen molar-refractivity contribution in [2.45, 2.75) is 20.0 Å². The van der Waals surface area contributed by atoms with Gasteiger partial charge in [0.25, 0.3) is 5.91 Å². The maximum atomic E-state index is 12.8. The lowest BCUT2D eigenvalue weighted by Gasteiger charge is -2.18. The van der Waals surface area contributed by atoms with Crippen LogP contribution in [-0.4, -0.2) is 11.9 Å². The van der Waals surface area contributed by atoms with Crippen molar-refractivity contribution >= 4 is 29.2 Å². The van der Waals surface area contributed by atoms with Gasteiger partial charge in [0, 0.05) is 21.8 Å². The van der Waals surface area contributed by atoms with Crippen LogP contribution in [-0.2, 0) is 9.53 Å². The number of halogens is 1. The fourth-order valence-corrected chi connectivity index (χ4v) is 2.70. The summed E-state index contributed by atoms with van der Waals surface area (Å²) in [6, 6.07) is 15.6. The van der Waals surface area contributed by atoms with E-state index in [4.69, 9.17) is 20.8 Å². The first-order valence-corrected chi connectivity index (χ1v) is 8.70. The van der Waals surface area contributed by atoms with Gasteiger partial charge in [-0.05, 0) is 37.6 Å². The Labute approximate surface area is 161 Å². The number of rotatable bonds is 5. The van der Waals surface area contributed by atoms with E-state index in [-0.39, 0.29) is 5.76 Å². The number of benzene rings is 2. The molecule has 0 aliphatic heterocycles. The highest BCUT2D eigenvalue weighted by molar-refractivity contribution is 6.31. The van der Waals surface area contributed by atoms with Crippen molar-refractivity contribution < 1.29 is 18.7 Å². The summed E-state index contributed by atoms with van der Waals surface area (Å²) in [6.07, 6.45) is 0.265. The zero-order valence-electron chi connectivity index (χ0n) is 14.9. The van der Waals surface area contributed by atoms with Gasteiger partial charge in [-0.25, -0.2) is 4.79 Å². The predicted octanol–water partition coefficient (Wildman–Crippen LogP) is 5.09. The van der Waals surface area contributed by atoms with E-state index in [1.165, 1.54) is 6.26 Å². The molecule has 0 aliphatic carbocycles. The maximum absolute atomic E-state index is 12.8. The Bertz CT molecular complexity index is 965. The van der Waals surface area contributed by atoms with Crippen LogP contribution in [0.25, 0.3) is 0 Å². The van der Waals surface area contributed by atoms with Crippen LogP contribution < -0.4 is 5.32 Å². The van der Waals surface area contributed by atoms with Crippen LogP contribution in [0.5, 0.6) is 0 Å². The van der Waals surface area contributed by atoms with Crippen LogP contribution in [0, 0.1) is 13.8 Å². The lowest BCUT2D eigenvalue weighted by atomic mass is 10.1. The summed E-state index contributed by atoms with van der Waals surface area (Å²) in [7, 11) is 0. The number of hydrogen-bond donors (Lipinski definition) is 1. The largest absolute Gasteiger partial charge is 0.457 e. The zero-order valence-corrected chi connectivity index (χ0v) is 15.6. The van der Waals surface area contributed by atoms with Gasteiger partial charge in [-0.3, -0.25) is 4.79 Å². The number of carbonyl (C=O) groups is 2. The Morgan fingerprint density at radius 2 is 1.78 bits per heavy atom. The molecule has 0 bridgehead atoms.